The highest BCUT2D eigenvalue weighted by Crippen LogP contribution is 2.28. The SMILES string of the molecule is COc1cc(OC2CCCC2CN)ncn1. The fraction of sp³-hybridized carbons (Fsp3) is 0.636. The molecule has 0 amide bonds. The Hall–Kier alpha value is -1.36. The van der Waals surface area contributed by atoms with E-state index in [9.17, 15) is 0 Å². The average Bonchev–Trinajstić information content (AvgIpc) is 2.76. The highest BCUT2D eigenvalue weighted by Gasteiger charge is 2.28. The molecule has 0 saturated heterocycles. The van der Waals surface area contributed by atoms with Crippen molar-refractivity contribution in [2.45, 2.75) is 25.4 Å². The second-order valence-electron chi connectivity index (χ2n) is 3.98. The van der Waals surface area contributed by atoms with Crippen LogP contribution in [0.4, 0.5) is 0 Å². The van der Waals surface area contributed by atoms with Crippen LogP contribution in [0.1, 0.15) is 19.3 Å². The van der Waals surface area contributed by atoms with E-state index in [1.165, 1.54) is 12.7 Å². The maximum absolute atomic E-state index is 5.81. The van der Waals surface area contributed by atoms with Crippen molar-refractivity contribution in [1.82, 2.24) is 9.97 Å². The topological polar surface area (TPSA) is 70.3 Å². The van der Waals surface area contributed by atoms with Gasteiger partial charge in [0.25, 0.3) is 0 Å². The van der Waals surface area contributed by atoms with Crippen molar-refractivity contribution in [2.24, 2.45) is 11.7 Å². The van der Waals surface area contributed by atoms with Crippen molar-refractivity contribution in [2.75, 3.05) is 13.7 Å². The number of nitrogens with two attached hydrogens (primary N) is 1. The van der Waals surface area contributed by atoms with Gasteiger partial charge in [-0.3, -0.25) is 0 Å². The van der Waals surface area contributed by atoms with Gasteiger partial charge in [0.2, 0.25) is 11.8 Å². The molecule has 1 aromatic rings. The van der Waals surface area contributed by atoms with E-state index in [0.717, 1.165) is 12.8 Å². The number of hydrogen-bond acceptors (Lipinski definition) is 5. The molecular weight excluding hydrogens is 206 g/mol. The lowest BCUT2D eigenvalue weighted by molar-refractivity contribution is 0.154. The second-order valence-corrected chi connectivity index (χ2v) is 3.98. The lowest BCUT2D eigenvalue weighted by Gasteiger charge is -2.18. The fourth-order valence-corrected chi connectivity index (χ4v) is 2.08. The molecule has 1 fully saturated rings. The molecule has 1 heterocycles. The standard InChI is InChI=1S/C11H17N3O2/c1-15-10-5-11(14-7-13-10)16-9-4-2-3-8(9)6-12/h5,7-9H,2-4,6,12H2,1H3. The minimum atomic E-state index is 0.185. The van der Waals surface area contributed by atoms with Crippen LogP contribution < -0.4 is 15.2 Å². The smallest absolute Gasteiger partial charge is 0.220 e. The fourth-order valence-electron chi connectivity index (χ4n) is 2.08. The van der Waals surface area contributed by atoms with Crippen molar-refractivity contribution < 1.29 is 9.47 Å². The van der Waals surface area contributed by atoms with E-state index in [2.05, 4.69) is 9.97 Å². The molecule has 2 unspecified atom stereocenters. The maximum atomic E-state index is 5.81. The van der Waals surface area contributed by atoms with Crippen LogP contribution in [0.15, 0.2) is 12.4 Å². The van der Waals surface area contributed by atoms with Gasteiger partial charge >= 0.3 is 0 Å². The first kappa shape index (κ1) is 11.1. The van der Waals surface area contributed by atoms with E-state index >= 15 is 0 Å². The second kappa shape index (κ2) is 5.12. The van der Waals surface area contributed by atoms with Crippen LogP contribution in [0.3, 0.4) is 0 Å². The van der Waals surface area contributed by atoms with E-state index in [4.69, 9.17) is 15.2 Å². The predicted molar refractivity (Wildman–Crippen MR) is 59.4 cm³/mol. The van der Waals surface area contributed by atoms with E-state index in [-0.39, 0.29) is 6.10 Å². The van der Waals surface area contributed by atoms with Crippen LogP contribution in [0.25, 0.3) is 0 Å². The van der Waals surface area contributed by atoms with E-state index < -0.39 is 0 Å². The Kier molecular flexibility index (Phi) is 3.56. The summed E-state index contributed by atoms with van der Waals surface area (Å²) in [5.41, 5.74) is 5.70. The summed E-state index contributed by atoms with van der Waals surface area (Å²) in [5, 5.41) is 0. The molecule has 1 aliphatic carbocycles. The van der Waals surface area contributed by atoms with Crippen LogP contribution in [0.2, 0.25) is 0 Å². The quantitative estimate of drug-likeness (QED) is 0.824. The summed E-state index contributed by atoms with van der Waals surface area (Å²) in [4.78, 5) is 8.00. The summed E-state index contributed by atoms with van der Waals surface area (Å²) in [6.07, 6.45) is 5.00. The molecule has 1 aromatic heterocycles. The zero-order chi connectivity index (χ0) is 11.4. The maximum Gasteiger partial charge on any atom is 0.220 e. The summed E-state index contributed by atoms with van der Waals surface area (Å²) in [6.45, 7) is 0.673. The normalized spacial score (nSPS) is 24.4. The number of methoxy groups -OCH3 is 1. The lowest BCUT2D eigenvalue weighted by atomic mass is 10.1. The van der Waals surface area contributed by atoms with Crippen LogP contribution >= 0.6 is 0 Å². The van der Waals surface area contributed by atoms with Gasteiger partial charge in [-0.05, 0) is 25.8 Å². The minimum Gasteiger partial charge on any atom is -0.481 e. The van der Waals surface area contributed by atoms with Gasteiger partial charge in [0.15, 0.2) is 0 Å². The van der Waals surface area contributed by atoms with Crippen molar-refractivity contribution >= 4 is 0 Å². The molecule has 0 spiro atoms. The van der Waals surface area contributed by atoms with Gasteiger partial charge in [-0.2, -0.15) is 0 Å². The lowest BCUT2D eigenvalue weighted by Crippen LogP contribution is -2.27. The number of rotatable bonds is 4. The molecule has 88 valence electrons. The third kappa shape index (κ3) is 2.41. The Labute approximate surface area is 95.0 Å². The molecule has 0 aliphatic heterocycles. The molecule has 2 atom stereocenters. The van der Waals surface area contributed by atoms with Crippen molar-refractivity contribution in [3.05, 3.63) is 12.4 Å². The van der Waals surface area contributed by atoms with E-state index in [0.29, 0.717) is 24.2 Å². The largest absolute Gasteiger partial charge is 0.481 e. The molecule has 16 heavy (non-hydrogen) atoms. The summed E-state index contributed by atoms with van der Waals surface area (Å²) < 4.78 is 10.8. The van der Waals surface area contributed by atoms with Crippen molar-refractivity contribution in [1.29, 1.82) is 0 Å². The molecular formula is C11H17N3O2. The van der Waals surface area contributed by atoms with Gasteiger partial charge in [-0.1, -0.05) is 0 Å². The van der Waals surface area contributed by atoms with E-state index in [1.54, 1.807) is 13.2 Å². The minimum absolute atomic E-state index is 0.185. The molecule has 5 nitrogen and oxygen atoms in total. The monoisotopic (exact) mass is 223 g/mol. The van der Waals surface area contributed by atoms with Crippen LogP contribution in [0.5, 0.6) is 11.8 Å². The molecule has 5 heteroatoms. The van der Waals surface area contributed by atoms with E-state index in [1.807, 2.05) is 0 Å². The zero-order valence-electron chi connectivity index (χ0n) is 9.43. The average molecular weight is 223 g/mol. The summed E-state index contributed by atoms with van der Waals surface area (Å²) in [5.74, 6) is 1.53. The molecule has 2 rings (SSSR count). The number of nitrogens with zero attached hydrogens (tertiary/aromatic N) is 2. The van der Waals surface area contributed by atoms with Gasteiger partial charge in [0.1, 0.15) is 12.4 Å². The zero-order valence-corrected chi connectivity index (χ0v) is 9.43. The molecule has 1 saturated carbocycles. The number of ether oxygens (including phenoxy) is 2. The van der Waals surface area contributed by atoms with Gasteiger partial charge in [-0.25, -0.2) is 9.97 Å². The van der Waals surface area contributed by atoms with Crippen LogP contribution in [0, 0.1) is 5.92 Å². The number of aromatic nitrogens is 2. The Bertz CT molecular complexity index is 346. The first-order chi connectivity index (χ1) is 7.83. The highest BCUT2D eigenvalue weighted by atomic mass is 16.5. The predicted octanol–water partition coefficient (Wildman–Crippen LogP) is 0.991. The Morgan fingerprint density at radius 3 is 2.94 bits per heavy atom. The van der Waals surface area contributed by atoms with Gasteiger partial charge < -0.3 is 15.2 Å². The summed E-state index contributed by atoms with van der Waals surface area (Å²) >= 11 is 0. The molecule has 1 aliphatic rings. The Morgan fingerprint density at radius 1 is 1.38 bits per heavy atom. The summed E-state index contributed by atoms with van der Waals surface area (Å²) in [6, 6.07) is 1.70. The molecule has 0 bridgehead atoms. The third-order valence-corrected chi connectivity index (χ3v) is 2.99. The first-order valence-corrected chi connectivity index (χ1v) is 5.56. The van der Waals surface area contributed by atoms with Gasteiger partial charge in [0.05, 0.1) is 13.2 Å². The van der Waals surface area contributed by atoms with Crippen molar-refractivity contribution in [3.8, 4) is 11.8 Å². The van der Waals surface area contributed by atoms with Crippen LogP contribution in [-0.4, -0.2) is 29.7 Å². The molecule has 2 N–H and O–H groups in total. The molecule has 0 aromatic carbocycles. The Balaban J connectivity index is 2.02. The first-order valence-electron chi connectivity index (χ1n) is 5.56. The van der Waals surface area contributed by atoms with Crippen LogP contribution in [-0.2, 0) is 0 Å². The number of hydrogen-bond donors (Lipinski definition) is 1. The Morgan fingerprint density at radius 2 is 2.19 bits per heavy atom. The van der Waals surface area contributed by atoms with Gasteiger partial charge in [-0.15, -0.1) is 0 Å². The molecule has 0 radical (unpaired) electrons. The summed E-state index contributed by atoms with van der Waals surface area (Å²) in [7, 11) is 1.57. The van der Waals surface area contributed by atoms with Crippen molar-refractivity contribution in [3.63, 3.8) is 0 Å². The highest BCUT2D eigenvalue weighted by molar-refractivity contribution is 5.18. The van der Waals surface area contributed by atoms with Gasteiger partial charge in [0, 0.05) is 5.92 Å². The third-order valence-electron chi connectivity index (χ3n) is 2.99.